The summed E-state index contributed by atoms with van der Waals surface area (Å²) in [5.74, 6) is -0.708. The molecule has 1 aromatic rings. The molecule has 0 aliphatic carbocycles. The highest BCUT2D eigenvalue weighted by atomic mass is 35.5. The Hall–Kier alpha value is -1.11. The molecule has 1 aromatic carbocycles. The van der Waals surface area contributed by atoms with Gasteiger partial charge in [0.25, 0.3) is 0 Å². The summed E-state index contributed by atoms with van der Waals surface area (Å²) in [6.07, 6.45) is 0. The third kappa shape index (κ3) is 2.94. The molecule has 0 fully saturated rings. The molecule has 0 heterocycles. The third-order valence-electron chi connectivity index (χ3n) is 1.90. The Morgan fingerprint density at radius 3 is 2.31 bits per heavy atom. The van der Waals surface area contributed by atoms with Crippen molar-refractivity contribution in [2.75, 3.05) is 13.6 Å². The van der Waals surface area contributed by atoms with Crippen LogP contribution in [0.5, 0.6) is 0 Å². The Kier molecular flexibility index (Phi) is 3.90. The number of hydrogen-bond acceptors (Lipinski definition) is 3. The normalized spacial score (nSPS) is 11.7. The van der Waals surface area contributed by atoms with Crippen molar-refractivity contribution < 1.29 is 13.2 Å². The average molecular weight is 263 g/mol. The van der Waals surface area contributed by atoms with Gasteiger partial charge in [-0.25, -0.2) is 8.42 Å². The Balaban J connectivity index is 3.02. The van der Waals surface area contributed by atoms with Gasteiger partial charge in [-0.05, 0) is 24.3 Å². The van der Waals surface area contributed by atoms with Crippen molar-refractivity contribution in [1.29, 1.82) is 0 Å². The highest BCUT2D eigenvalue weighted by Gasteiger charge is 2.21. The summed E-state index contributed by atoms with van der Waals surface area (Å²) in [4.78, 5) is 10.7. The van der Waals surface area contributed by atoms with E-state index in [0.29, 0.717) is 5.02 Å². The molecule has 0 atom stereocenters. The lowest BCUT2D eigenvalue weighted by Crippen LogP contribution is -2.35. The molecule has 0 radical (unpaired) electrons. The second-order valence-corrected chi connectivity index (χ2v) is 5.66. The van der Waals surface area contributed by atoms with Gasteiger partial charge in [-0.15, -0.1) is 0 Å². The van der Waals surface area contributed by atoms with Crippen LogP contribution in [0.25, 0.3) is 0 Å². The number of hydrogen-bond donors (Lipinski definition) is 1. The van der Waals surface area contributed by atoms with Gasteiger partial charge in [-0.1, -0.05) is 11.6 Å². The number of benzene rings is 1. The van der Waals surface area contributed by atoms with Crippen LogP contribution in [0.4, 0.5) is 0 Å². The standard InChI is InChI=1S/C9H11ClN2O3S/c1-12(6-9(11)13)16(14,15)8-4-2-7(10)3-5-8/h2-5H,6H2,1H3,(H2,11,13). The van der Waals surface area contributed by atoms with E-state index in [-0.39, 0.29) is 11.4 Å². The first-order valence-corrected chi connectivity index (χ1v) is 6.16. The number of likely N-dealkylation sites (N-methyl/N-ethyl adjacent to an activating group) is 1. The quantitative estimate of drug-likeness (QED) is 0.855. The van der Waals surface area contributed by atoms with Crippen LogP contribution < -0.4 is 5.73 Å². The second-order valence-electron chi connectivity index (χ2n) is 3.18. The molecule has 16 heavy (non-hydrogen) atoms. The van der Waals surface area contributed by atoms with Gasteiger partial charge in [-0.2, -0.15) is 4.31 Å². The number of sulfonamides is 1. The number of amides is 1. The Morgan fingerprint density at radius 2 is 1.88 bits per heavy atom. The van der Waals surface area contributed by atoms with E-state index in [4.69, 9.17) is 17.3 Å². The van der Waals surface area contributed by atoms with Crippen LogP contribution in [0.3, 0.4) is 0 Å². The van der Waals surface area contributed by atoms with E-state index in [0.717, 1.165) is 4.31 Å². The lowest BCUT2D eigenvalue weighted by Gasteiger charge is -2.15. The number of carbonyl (C=O) groups is 1. The summed E-state index contributed by atoms with van der Waals surface area (Å²) in [7, 11) is -2.39. The van der Waals surface area contributed by atoms with Gasteiger partial charge in [0.1, 0.15) is 0 Å². The van der Waals surface area contributed by atoms with Crippen LogP contribution in [0.2, 0.25) is 5.02 Å². The van der Waals surface area contributed by atoms with E-state index in [9.17, 15) is 13.2 Å². The maximum Gasteiger partial charge on any atom is 0.243 e. The molecule has 0 unspecified atom stereocenters. The number of primary amides is 1. The number of carbonyl (C=O) groups excluding carboxylic acids is 1. The predicted molar refractivity (Wildman–Crippen MR) is 60.5 cm³/mol. The summed E-state index contributed by atoms with van der Waals surface area (Å²) in [5.41, 5.74) is 4.93. The molecule has 0 aromatic heterocycles. The fourth-order valence-corrected chi connectivity index (χ4v) is 2.35. The van der Waals surface area contributed by atoms with Crippen molar-refractivity contribution >= 4 is 27.5 Å². The second kappa shape index (κ2) is 4.82. The third-order valence-corrected chi connectivity index (χ3v) is 3.97. The minimum Gasteiger partial charge on any atom is -0.369 e. The largest absolute Gasteiger partial charge is 0.369 e. The minimum atomic E-state index is -3.68. The van der Waals surface area contributed by atoms with Crippen LogP contribution in [0.15, 0.2) is 29.2 Å². The first kappa shape index (κ1) is 13.0. The van der Waals surface area contributed by atoms with Crippen molar-refractivity contribution in [2.45, 2.75) is 4.90 Å². The van der Waals surface area contributed by atoms with Gasteiger partial charge in [0.15, 0.2) is 0 Å². The smallest absolute Gasteiger partial charge is 0.243 e. The van der Waals surface area contributed by atoms with E-state index in [2.05, 4.69) is 0 Å². The van der Waals surface area contributed by atoms with Crippen molar-refractivity contribution in [3.05, 3.63) is 29.3 Å². The van der Waals surface area contributed by atoms with Crippen LogP contribution in [0.1, 0.15) is 0 Å². The molecule has 5 nitrogen and oxygen atoms in total. The fourth-order valence-electron chi connectivity index (χ4n) is 1.09. The summed E-state index contributed by atoms with van der Waals surface area (Å²) in [6.45, 7) is -0.356. The summed E-state index contributed by atoms with van der Waals surface area (Å²) in [5, 5.41) is 0.441. The van der Waals surface area contributed by atoms with E-state index < -0.39 is 15.9 Å². The van der Waals surface area contributed by atoms with Crippen LogP contribution in [-0.4, -0.2) is 32.2 Å². The lowest BCUT2D eigenvalue weighted by molar-refractivity contribution is -0.118. The molecule has 88 valence electrons. The Bertz CT molecular complexity index is 484. The Labute approximate surface area is 98.9 Å². The molecule has 2 N–H and O–H groups in total. The SMILES string of the molecule is CN(CC(N)=O)S(=O)(=O)c1ccc(Cl)cc1. The first-order chi connectivity index (χ1) is 7.34. The van der Waals surface area contributed by atoms with Crippen LogP contribution in [0, 0.1) is 0 Å². The molecule has 1 rings (SSSR count). The zero-order valence-electron chi connectivity index (χ0n) is 8.55. The van der Waals surface area contributed by atoms with Crippen molar-refractivity contribution in [2.24, 2.45) is 5.73 Å². The van der Waals surface area contributed by atoms with Crippen molar-refractivity contribution in [1.82, 2.24) is 4.31 Å². The summed E-state index contributed by atoms with van der Waals surface area (Å²) >= 11 is 5.64. The van der Waals surface area contributed by atoms with E-state index in [1.807, 2.05) is 0 Å². The maximum absolute atomic E-state index is 11.9. The molecule has 0 aliphatic rings. The Morgan fingerprint density at radius 1 is 1.38 bits per heavy atom. The van der Waals surface area contributed by atoms with Gasteiger partial charge in [0, 0.05) is 12.1 Å². The van der Waals surface area contributed by atoms with E-state index in [1.54, 1.807) is 0 Å². The predicted octanol–water partition coefficient (Wildman–Crippen LogP) is 0.446. The van der Waals surface area contributed by atoms with Crippen LogP contribution in [-0.2, 0) is 14.8 Å². The number of nitrogens with two attached hydrogens (primary N) is 1. The van der Waals surface area contributed by atoms with Gasteiger partial charge in [0.05, 0.1) is 11.4 Å². The molecule has 0 saturated carbocycles. The topological polar surface area (TPSA) is 80.5 Å². The maximum atomic E-state index is 11.9. The van der Waals surface area contributed by atoms with Gasteiger partial charge in [0.2, 0.25) is 15.9 Å². The van der Waals surface area contributed by atoms with Crippen molar-refractivity contribution in [3.8, 4) is 0 Å². The van der Waals surface area contributed by atoms with Crippen LogP contribution >= 0.6 is 11.6 Å². The van der Waals surface area contributed by atoms with Gasteiger partial charge < -0.3 is 5.73 Å². The molecule has 0 spiro atoms. The molecular formula is C9H11ClN2O3S. The first-order valence-electron chi connectivity index (χ1n) is 4.34. The fraction of sp³-hybridized carbons (Fsp3) is 0.222. The van der Waals surface area contributed by atoms with Crippen molar-refractivity contribution in [3.63, 3.8) is 0 Å². The van der Waals surface area contributed by atoms with E-state index >= 15 is 0 Å². The molecule has 7 heteroatoms. The lowest BCUT2D eigenvalue weighted by atomic mass is 10.4. The summed E-state index contributed by atoms with van der Waals surface area (Å²) in [6, 6.07) is 5.67. The minimum absolute atomic E-state index is 0.0700. The van der Waals surface area contributed by atoms with E-state index in [1.165, 1.54) is 31.3 Å². The highest BCUT2D eigenvalue weighted by Crippen LogP contribution is 2.16. The summed E-state index contributed by atoms with van der Waals surface area (Å²) < 4.78 is 24.6. The van der Waals surface area contributed by atoms with Gasteiger partial charge >= 0.3 is 0 Å². The molecular weight excluding hydrogens is 252 g/mol. The number of rotatable bonds is 4. The zero-order chi connectivity index (χ0) is 12.3. The molecule has 1 amide bonds. The number of halogens is 1. The number of nitrogens with zero attached hydrogens (tertiary/aromatic N) is 1. The van der Waals surface area contributed by atoms with Gasteiger partial charge in [-0.3, -0.25) is 4.79 Å². The monoisotopic (exact) mass is 262 g/mol. The average Bonchev–Trinajstić information content (AvgIpc) is 2.17. The molecule has 0 aliphatic heterocycles. The zero-order valence-corrected chi connectivity index (χ0v) is 10.1. The molecule has 0 bridgehead atoms. The molecule has 0 saturated heterocycles. The highest BCUT2D eigenvalue weighted by molar-refractivity contribution is 7.89.